The van der Waals surface area contributed by atoms with Gasteiger partial charge in [0.05, 0.1) is 14.4 Å². The fourth-order valence-corrected chi connectivity index (χ4v) is 3.31. The third kappa shape index (κ3) is 2.24. The summed E-state index contributed by atoms with van der Waals surface area (Å²) >= 11 is 10.9. The minimum absolute atomic E-state index is 0.0364. The van der Waals surface area contributed by atoms with Crippen LogP contribution in [0.4, 0.5) is 10.3 Å². The van der Waals surface area contributed by atoms with Gasteiger partial charge in [-0.25, -0.2) is 4.39 Å². The Kier molecular flexibility index (Phi) is 3.54. The third-order valence-corrected chi connectivity index (χ3v) is 4.59. The molecule has 102 valence electrons. The number of benzene rings is 1. The molecule has 20 heavy (non-hydrogen) atoms. The molecular formula is C13H7BrClFN2OS. The molecule has 0 bridgehead atoms. The Labute approximate surface area is 131 Å². The van der Waals surface area contributed by atoms with E-state index in [-0.39, 0.29) is 16.5 Å². The van der Waals surface area contributed by atoms with Crippen LogP contribution in [0.5, 0.6) is 0 Å². The highest BCUT2D eigenvalue weighted by Crippen LogP contribution is 2.42. The number of anilines is 1. The lowest BCUT2D eigenvalue weighted by Gasteiger charge is -2.05. The molecule has 0 saturated heterocycles. The number of nitrogens with two attached hydrogens (primary N) is 1. The number of nitrogens with zero attached hydrogens (tertiary/aromatic N) is 1. The van der Waals surface area contributed by atoms with Crippen LogP contribution in [0.25, 0.3) is 22.4 Å². The van der Waals surface area contributed by atoms with Crippen molar-refractivity contribution in [1.29, 1.82) is 0 Å². The molecule has 3 rings (SSSR count). The zero-order valence-corrected chi connectivity index (χ0v) is 13.0. The smallest absolute Gasteiger partial charge is 0.230 e. The SMILES string of the molecule is Nc1onc(-c2csc(Br)c2)c1-c1c(F)cccc1Cl. The summed E-state index contributed by atoms with van der Waals surface area (Å²) in [4.78, 5) is 0. The van der Waals surface area contributed by atoms with Crippen molar-refractivity contribution < 1.29 is 8.91 Å². The van der Waals surface area contributed by atoms with Gasteiger partial charge in [0.2, 0.25) is 5.88 Å². The van der Waals surface area contributed by atoms with Crippen LogP contribution >= 0.6 is 38.9 Å². The summed E-state index contributed by atoms with van der Waals surface area (Å²) in [7, 11) is 0. The van der Waals surface area contributed by atoms with E-state index in [2.05, 4.69) is 21.1 Å². The van der Waals surface area contributed by atoms with Crippen LogP contribution < -0.4 is 5.73 Å². The van der Waals surface area contributed by atoms with E-state index in [1.54, 1.807) is 6.07 Å². The highest BCUT2D eigenvalue weighted by Gasteiger charge is 2.23. The Hall–Kier alpha value is -1.37. The monoisotopic (exact) mass is 372 g/mol. The van der Waals surface area contributed by atoms with Crippen molar-refractivity contribution in [2.75, 3.05) is 5.73 Å². The van der Waals surface area contributed by atoms with E-state index < -0.39 is 5.82 Å². The van der Waals surface area contributed by atoms with E-state index in [0.29, 0.717) is 11.3 Å². The second-order valence-corrected chi connectivity index (χ2v) is 6.70. The molecule has 0 unspecified atom stereocenters. The molecule has 2 aromatic heterocycles. The Bertz CT molecular complexity index is 766. The Morgan fingerprint density at radius 3 is 2.80 bits per heavy atom. The highest BCUT2D eigenvalue weighted by molar-refractivity contribution is 9.11. The Balaban J connectivity index is 2.27. The summed E-state index contributed by atoms with van der Waals surface area (Å²) in [5.41, 5.74) is 7.62. The molecule has 0 aliphatic heterocycles. The predicted octanol–water partition coefficient (Wildman–Crippen LogP) is 5.21. The standard InChI is InChI=1S/C13H7BrClFN2OS/c14-9-4-6(5-20-9)12-11(13(17)19-18-12)10-7(15)2-1-3-8(10)16/h1-5H,17H2. The molecule has 2 heterocycles. The molecule has 0 atom stereocenters. The number of halogens is 3. The number of aromatic nitrogens is 1. The maximum Gasteiger partial charge on any atom is 0.230 e. The lowest BCUT2D eigenvalue weighted by molar-refractivity contribution is 0.439. The van der Waals surface area contributed by atoms with Crippen molar-refractivity contribution in [3.63, 3.8) is 0 Å². The van der Waals surface area contributed by atoms with E-state index in [1.165, 1.54) is 23.5 Å². The molecule has 0 aliphatic rings. The van der Waals surface area contributed by atoms with Gasteiger partial charge in [0, 0.05) is 16.5 Å². The summed E-state index contributed by atoms with van der Waals surface area (Å²) < 4.78 is 20.0. The van der Waals surface area contributed by atoms with Crippen molar-refractivity contribution >= 4 is 44.8 Å². The van der Waals surface area contributed by atoms with E-state index >= 15 is 0 Å². The topological polar surface area (TPSA) is 52.0 Å². The van der Waals surface area contributed by atoms with Crippen LogP contribution in [0.2, 0.25) is 5.02 Å². The summed E-state index contributed by atoms with van der Waals surface area (Å²) in [6.07, 6.45) is 0. The van der Waals surface area contributed by atoms with Crippen LogP contribution in [0, 0.1) is 5.82 Å². The first-order chi connectivity index (χ1) is 9.58. The van der Waals surface area contributed by atoms with Gasteiger partial charge in [-0.05, 0) is 34.1 Å². The van der Waals surface area contributed by atoms with Gasteiger partial charge in [0.25, 0.3) is 0 Å². The van der Waals surface area contributed by atoms with Crippen LogP contribution in [-0.2, 0) is 0 Å². The first-order valence-corrected chi connectivity index (χ1v) is 7.57. The largest absolute Gasteiger partial charge is 0.367 e. The van der Waals surface area contributed by atoms with Gasteiger partial charge in [-0.3, -0.25) is 0 Å². The van der Waals surface area contributed by atoms with Crippen molar-refractivity contribution in [1.82, 2.24) is 5.16 Å². The summed E-state index contributed by atoms with van der Waals surface area (Å²) in [5, 5.41) is 6.05. The third-order valence-electron chi connectivity index (χ3n) is 2.77. The zero-order chi connectivity index (χ0) is 14.3. The van der Waals surface area contributed by atoms with Crippen molar-refractivity contribution in [3.05, 3.63) is 44.3 Å². The van der Waals surface area contributed by atoms with Gasteiger partial charge in [0.15, 0.2) is 0 Å². The molecular weight excluding hydrogens is 367 g/mol. The molecule has 7 heteroatoms. The maximum atomic E-state index is 14.1. The number of hydrogen-bond donors (Lipinski definition) is 1. The molecule has 0 aliphatic carbocycles. The summed E-state index contributed by atoms with van der Waals surface area (Å²) in [6, 6.07) is 6.31. The molecule has 2 N–H and O–H groups in total. The molecule has 1 aromatic carbocycles. The van der Waals surface area contributed by atoms with E-state index in [1.807, 2.05) is 11.4 Å². The van der Waals surface area contributed by atoms with E-state index in [0.717, 1.165) is 9.35 Å². The lowest BCUT2D eigenvalue weighted by atomic mass is 10.0. The number of hydrogen-bond acceptors (Lipinski definition) is 4. The fourth-order valence-electron chi connectivity index (χ4n) is 1.91. The number of nitrogen functional groups attached to an aromatic ring is 1. The van der Waals surface area contributed by atoms with Gasteiger partial charge in [-0.2, -0.15) is 0 Å². The lowest BCUT2D eigenvalue weighted by Crippen LogP contribution is -1.91. The van der Waals surface area contributed by atoms with Gasteiger partial charge >= 0.3 is 0 Å². The Morgan fingerprint density at radius 1 is 1.35 bits per heavy atom. The minimum Gasteiger partial charge on any atom is -0.367 e. The van der Waals surface area contributed by atoms with Gasteiger partial charge in [-0.1, -0.05) is 22.8 Å². The van der Waals surface area contributed by atoms with Gasteiger partial charge < -0.3 is 10.3 Å². The van der Waals surface area contributed by atoms with Crippen LogP contribution in [0.1, 0.15) is 0 Å². The minimum atomic E-state index is -0.469. The normalized spacial score (nSPS) is 10.9. The predicted molar refractivity (Wildman–Crippen MR) is 82.3 cm³/mol. The summed E-state index contributed by atoms with van der Waals surface area (Å²) in [5.74, 6) is -0.433. The zero-order valence-electron chi connectivity index (χ0n) is 9.86. The molecule has 3 nitrogen and oxygen atoms in total. The van der Waals surface area contributed by atoms with Crippen LogP contribution in [0.3, 0.4) is 0 Å². The first-order valence-electron chi connectivity index (χ1n) is 5.52. The highest BCUT2D eigenvalue weighted by atomic mass is 79.9. The number of thiophene rings is 1. The average molecular weight is 374 g/mol. The molecule has 0 amide bonds. The van der Waals surface area contributed by atoms with Crippen LogP contribution in [-0.4, -0.2) is 5.16 Å². The molecule has 3 aromatic rings. The molecule has 0 saturated carbocycles. The number of rotatable bonds is 2. The Morgan fingerprint density at radius 2 is 2.15 bits per heavy atom. The summed E-state index contributed by atoms with van der Waals surface area (Å²) in [6.45, 7) is 0. The van der Waals surface area contributed by atoms with Gasteiger partial charge in [-0.15, -0.1) is 11.3 Å². The second kappa shape index (κ2) is 5.20. The molecule has 0 fully saturated rings. The molecule has 0 radical (unpaired) electrons. The average Bonchev–Trinajstić information content (AvgIpc) is 2.97. The van der Waals surface area contributed by atoms with Crippen molar-refractivity contribution in [2.45, 2.75) is 0 Å². The van der Waals surface area contributed by atoms with Crippen LogP contribution in [0.15, 0.2) is 38.0 Å². The van der Waals surface area contributed by atoms with E-state index in [4.69, 9.17) is 21.9 Å². The quantitative estimate of drug-likeness (QED) is 0.671. The van der Waals surface area contributed by atoms with Crippen molar-refractivity contribution in [2.24, 2.45) is 0 Å². The first kappa shape index (κ1) is 13.6. The second-order valence-electron chi connectivity index (χ2n) is 4.01. The maximum absolute atomic E-state index is 14.1. The fraction of sp³-hybridized carbons (Fsp3) is 0. The van der Waals surface area contributed by atoms with Gasteiger partial charge in [0.1, 0.15) is 11.5 Å². The van der Waals surface area contributed by atoms with Crippen molar-refractivity contribution in [3.8, 4) is 22.4 Å². The molecule has 0 spiro atoms. The van der Waals surface area contributed by atoms with E-state index in [9.17, 15) is 4.39 Å².